The molecular formula is C21H26N2O3S2. The number of carbonyl (C=O) groups is 2. The summed E-state index contributed by atoms with van der Waals surface area (Å²) in [4.78, 5) is 28.0. The van der Waals surface area contributed by atoms with E-state index in [1.165, 1.54) is 16.6 Å². The fourth-order valence-corrected chi connectivity index (χ4v) is 5.28. The molecule has 0 atom stereocenters. The van der Waals surface area contributed by atoms with Gasteiger partial charge in [-0.25, -0.2) is 0 Å². The van der Waals surface area contributed by atoms with Crippen LogP contribution in [0.1, 0.15) is 50.4 Å². The van der Waals surface area contributed by atoms with Crippen molar-refractivity contribution in [3.63, 3.8) is 0 Å². The first-order valence-electron chi connectivity index (χ1n) is 9.51. The van der Waals surface area contributed by atoms with E-state index in [1.54, 1.807) is 18.4 Å². The van der Waals surface area contributed by atoms with Crippen molar-refractivity contribution < 1.29 is 14.3 Å². The quantitative estimate of drug-likeness (QED) is 0.493. The normalized spacial score (nSPS) is 13.1. The Kier molecular flexibility index (Phi) is 7.53. The van der Waals surface area contributed by atoms with E-state index < -0.39 is 0 Å². The molecule has 0 bridgehead atoms. The number of benzene rings is 1. The van der Waals surface area contributed by atoms with Crippen LogP contribution in [0.25, 0.3) is 0 Å². The molecule has 0 fully saturated rings. The third-order valence-corrected chi connectivity index (χ3v) is 6.79. The van der Waals surface area contributed by atoms with E-state index in [1.807, 2.05) is 30.5 Å². The third-order valence-electron chi connectivity index (χ3n) is 4.79. The molecule has 0 radical (unpaired) electrons. The number of fused-ring (bicyclic) bond motifs is 1. The summed E-state index contributed by atoms with van der Waals surface area (Å²) in [6.07, 6.45) is 6.79. The molecular weight excluding hydrogens is 392 g/mol. The second-order valence-electron chi connectivity index (χ2n) is 6.67. The van der Waals surface area contributed by atoms with Gasteiger partial charge in [0, 0.05) is 30.0 Å². The predicted molar refractivity (Wildman–Crippen MR) is 116 cm³/mol. The van der Waals surface area contributed by atoms with Gasteiger partial charge >= 0.3 is 0 Å². The second kappa shape index (κ2) is 10.1. The largest absolute Gasteiger partial charge is 0.385 e. The van der Waals surface area contributed by atoms with Gasteiger partial charge in [-0.2, -0.15) is 0 Å². The molecule has 0 spiro atoms. The van der Waals surface area contributed by atoms with Gasteiger partial charge in [0.1, 0.15) is 5.00 Å². The van der Waals surface area contributed by atoms with Gasteiger partial charge in [0.2, 0.25) is 0 Å². The van der Waals surface area contributed by atoms with Gasteiger partial charge in [-0.15, -0.1) is 23.1 Å². The van der Waals surface area contributed by atoms with Crippen LogP contribution >= 0.6 is 23.1 Å². The number of carbonyl (C=O) groups excluding carboxylic acids is 2. The maximum Gasteiger partial charge on any atom is 0.257 e. The lowest BCUT2D eigenvalue weighted by Gasteiger charge is -2.13. The van der Waals surface area contributed by atoms with Gasteiger partial charge < -0.3 is 15.4 Å². The molecule has 0 aliphatic heterocycles. The van der Waals surface area contributed by atoms with Crippen molar-refractivity contribution >= 4 is 39.9 Å². The van der Waals surface area contributed by atoms with Crippen molar-refractivity contribution in [1.29, 1.82) is 0 Å². The van der Waals surface area contributed by atoms with Crippen LogP contribution in [0.3, 0.4) is 0 Å². The van der Waals surface area contributed by atoms with Crippen molar-refractivity contribution in [1.82, 2.24) is 5.32 Å². The highest BCUT2D eigenvalue weighted by Gasteiger charge is 2.26. The minimum atomic E-state index is -0.169. The molecule has 28 heavy (non-hydrogen) atoms. The van der Waals surface area contributed by atoms with Crippen LogP contribution < -0.4 is 10.6 Å². The SMILES string of the molecule is COCCCNC(=O)c1c(NC(=O)c2ccccc2SC)sc2c1CCCC2. The van der Waals surface area contributed by atoms with Crippen LogP contribution in [-0.4, -0.2) is 38.3 Å². The maximum absolute atomic E-state index is 12.9. The first kappa shape index (κ1) is 20.9. The van der Waals surface area contributed by atoms with E-state index in [9.17, 15) is 9.59 Å². The number of nitrogens with one attached hydrogen (secondary N) is 2. The maximum atomic E-state index is 12.9. The predicted octanol–water partition coefficient (Wildman–Crippen LogP) is 4.37. The Morgan fingerprint density at radius 3 is 2.75 bits per heavy atom. The van der Waals surface area contributed by atoms with Crippen molar-refractivity contribution in [2.24, 2.45) is 0 Å². The van der Waals surface area contributed by atoms with Crippen LogP contribution in [0.15, 0.2) is 29.2 Å². The number of thiophene rings is 1. The van der Waals surface area contributed by atoms with Gasteiger partial charge in [-0.3, -0.25) is 9.59 Å². The Bertz CT molecular complexity index is 848. The molecule has 3 rings (SSSR count). The smallest absolute Gasteiger partial charge is 0.257 e. The zero-order chi connectivity index (χ0) is 19.9. The first-order valence-corrected chi connectivity index (χ1v) is 11.6. The summed E-state index contributed by atoms with van der Waals surface area (Å²) >= 11 is 3.09. The van der Waals surface area contributed by atoms with Gasteiger partial charge in [0.05, 0.1) is 11.1 Å². The monoisotopic (exact) mass is 418 g/mol. The molecule has 2 amide bonds. The molecule has 1 aliphatic carbocycles. The minimum absolute atomic E-state index is 0.107. The number of thioether (sulfide) groups is 1. The molecule has 1 aromatic heterocycles. The van der Waals surface area contributed by atoms with Gasteiger partial charge in [0.15, 0.2) is 0 Å². The number of hydrogen-bond donors (Lipinski definition) is 2. The van der Waals surface area contributed by atoms with E-state index >= 15 is 0 Å². The lowest BCUT2D eigenvalue weighted by molar-refractivity contribution is 0.0948. The molecule has 2 N–H and O–H groups in total. The number of anilines is 1. The molecule has 0 saturated heterocycles. The fourth-order valence-electron chi connectivity index (χ4n) is 3.40. The summed E-state index contributed by atoms with van der Waals surface area (Å²) < 4.78 is 5.04. The van der Waals surface area contributed by atoms with Crippen LogP contribution in [0.4, 0.5) is 5.00 Å². The van der Waals surface area contributed by atoms with Crippen molar-refractivity contribution in [2.75, 3.05) is 31.8 Å². The first-order chi connectivity index (χ1) is 13.7. The van der Waals surface area contributed by atoms with E-state index in [4.69, 9.17) is 4.74 Å². The number of hydrogen-bond acceptors (Lipinski definition) is 5. The Labute approximate surface area is 174 Å². The Morgan fingerprint density at radius 1 is 1.18 bits per heavy atom. The highest BCUT2D eigenvalue weighted by Crippen LogP contribution is 2.38. The van der Waals surface area contributed by atoms with Gasteiger partial charge in [0.25, 0.3) is 11.8 Å². The third kappa shape index (κ3) is 4.77. The number of aryl methyl sites for hydroxylation is 1. The van der Waals surface area contributed by atoms with Crippen molar-refractivity contribution in [3.8, 4) is 0 Å². The summed E-state index contributed by atoms with van der Waals surface area (Å²) in [5, 5.41) is 6.66. The van der Waals surface area contributed by atoms with E-state index in [0.29, 0.717) is 29.3 Å². The van der Waals surface area contributed by atoms with Crippen LogP contribution in [0, 0.1) is 0 Å². The summed E-state index contributed by atoms with van der Waals surface area (Å²) in [5.74, 6) is -0.277. The lowest BCUT2D eigenvalue weighted by Crippen LogP contribution is -2.27. The van der Waals surface area contributed by atoms with Gasteiger partial charge in [-0.1, -0.05) is 12.1 Å². The molecule has 1 aromatic carbocycles. The van der Waals surface area contributed by atoms with Crippen LogP contribution in [0.5, 0.6) is 0 Å². The average molecular weight is 419 g/mol. The number of methoxy groups -OCH3 is 1. The molecule has 7 heteroatoms. The summed E-state index contributed by atoms with van der Waals surface area (Å²) in [5.41, 5.74) is 2.38. The fraction of sp³-hybridized carbons (Fsp3) is 0.429. The molecule has 150 valence electrons. The Balaban J connectivity index is 1.84. The molecule has 0 unspecified atom stereocenters. The van der Waals surface area contributed by atoms with E-state index in [2.05, 4.69) is 10.6 Å². The molecule has 2 aromatic rings. The number of amides is 2. The Hall–Kier alpha value is -1.83. The van der Waals surface area contributed by atoms with Crippen LogP contribution in [0.2, 0.25) is 0 Å². The zero-order valence-electron chi connectivity index (χ0n) is 16.3. The lowest BCUT2D eigenvalue weighted by atomic mass is 9.95. The number of rotatable bonds is 8. The van der Waals surface area contributed by atoms with Crippen LogP contribution in [-0.2, 0) is 17.6 Å². The minimum Gasteiger partial charge on any atom is -0.385 e. The molecule has 0 saturated carbocycles. The topological polar surface area (TPSA) is 67.4 Å². The summed E-state index contributed by atoms with van der Waals surface area (Å²) in [6, 6.07) is 7.53. The van der Waals surface area contributed by atoms with Crippen molar-refractivity contribution in [3.05, 3.63) is 45.8 Å². The Morgan fingerprint density at radius 2 is 1.96 bits per heavy atom. The average Bonchev–Trinajstić information content (AvgIpc) is 3.08. The molecule has 5 nitrogen and oxygen atoms in total. The second-order valence-corrected chi connectivity index (χ2v) is 8.62. The highest BCUT2D eigenvalue weighted by atomic mass is 32.2. The standard InChI is InChI=1S/C21H26N2O3S2/c1-26-13-7-12-22-20(25)18-14-8-3-6-11-17(14)28-21(18)23-19(24)15-9-4-5-10-16(15)27-2/h4-5,9-10H,3,6-8,11-13H2,1-2H3,(H,22,25)(H,23,24). The highest BCUT2D eigenvalue weighted by molar-refractivity contribution is 7.98. The molecule has 1 heterocycles. The molecule has 1 aliphatic rings. The zero-order valence-corrected chi connectivity index (χ0v) is 17.9. The summed E-state index contributed by atoms with van der Waals surface area (Å²) in [7, 11) is 1.65. The summed E-state index contributed by atoms with van der Waals surface area (Å²) in [6.45, 7) is 1.16. The van der Waals surface area contributed by atoms with E-state index in [-0.39, 0.29) is 11.8 Å². The number of ether oxygens (including phenoxy) is 1. The van der Waals surface area contributed by atoms with Gasteiger partial charge in [-0.05, 0) is 56.1 Å². The van der Waals surface area contributed by atoms with Crippen molar-refractivity contribution in [2.45, 2.75) is 37.0 Å². The van der Waals surface area contributed by atoms with E-state index in [0.717, 1.165) is 42.6 Å².